The first-order valence-corrected chi connectivity index (χ1v) is 7.92. The third kappa shape index (κ3) is 3.22. The highest BCUT2D eigenvalue weighted by Gasteiger charge is 2.58. The van der Waals surface area contributed by atoms with Crippen LogP contribution in [0.15, 0.2) is 30.3 Å². The van der Waals surface area contributed by atoms with Gasteiger partial charge in [0, 0.05) is 13.0 Å². The van der Waals surface area contributed by atoms with Crippen molar-refractivity contribution in [2.45, 2.75) is 24.7 Å². The molecule has 2 heterocycles. The zero-order valence-electron chi connectivity index (χ0n) is 13.9. The van der Waals surface area contributed by atoms with Gasteiger partial charge in [0.1, 0.15) is 12.0 Å². The van der Waals surface area contributed by atoms with Crippen molar-refractivity contribution in [3.05, 3.63) is 35.9 Å². The van der Waals surface area contributed by atoms with Gasteiger partial charge < -0.3 is 14.2 Å². The van der Waals surface area contributed by atoms with Crippen LogP contribution in [-0.2, 0) is 28.6 Å². The number of carbonyl (C=O) groups is 3. The van der Waals surface area contributed by atoms with Crippen molar-refractivity contribution >= 4 is 17.9 Å². The smallest absolute Gasteiger partial charge is 0.338 e. The van der Waals surface area contributed by atoms with Gasteiger partial charge in [-0.25, -0.2) is 9.59 Å². The van der Waals surface area contributed by atoms with Crippen LogP contribution in [0.5, 0.6) is 0 Å². The molecule has 0 aliphatic carbocycles. The largest absolute Gasteiger partial charge is 0.469 e. The zero-order chi connectivity index (χ0) is 18.0. The monoisotopic (exact) mass is 349 g/mol. The van der Waals surface area contributed by atoms with Gasteiger partial charge in [-0.05, 0) is 12.1 Å². The SMILES string of the molecule is COC(=O)[C@@H]1[C@H]2[C@H](OC(=O)c3ccccc3)CCN2O[C@@H]1C(=O)OC. The number of hydrogen-bond acceptors (Lipinski definition) is 8. The molecule has 3 rings (SSSR count). The minimum atomic E-state index is -1.11. The molecule has 2 saturated heterocycles. The normalized spacial score (nSPS) is 28.2. The van der Waals surface area contributed by atoms with Gasteiger partial charge in [0.25, 0.3) is 0 Å². The van der Waals surface area contributed by atoms with E-state index in [9.17, 15) is 14.4 Å². The zero-order valence-corrected chi connectivity index (χ0v) is 13.9. The number of benzene rings is 1. The molecule has 0 saturated carbocycles. The van der Waals surface area contributed by atoms with E-state index < -0.39 is 42.1 Å². The maximum Gasteiger partial charge on any atom is 0.338 e. The van der Waals surface area contributed by atoms with Gasteiger partial charge in [0.05, 0.1) is 25.8 Å². The molecule has 0 N–H and O–H groups in total. The molecule has 0 radical (unpaired) electrons. The fraction of sp³-hybridized carbons (Fsp3) is 0.471. The lowest BCUT2D eigenvalue weighted by Gasteiger charge is -2.23. The third-order valence-electron chi connectivity index (χ3n) is 4.47. The molecule has 2 fully saturated rings. The van der Waals surface area contributed by atoms with E-state index in [0.717, 1.165) is 0 Å². The second kappa shape index (κ2) is 7.20. The van der Waals surface area contributed by atoms with Crippen molar-refractivity contribution in [3.8, 4) is 0 Å². The van der Waals surface area contributed by atoms with Crippen molar-refractivity contribution < 1.29 is 33.4 Å². The van der Waals surface area contributed by atoms with E-state index in [0.29, 0.717) is 18.5 Å². The van der Waals surface area contributed by atoms with Crippen LogP contribution < -0.4 is 0 Å². The van der Waals surface area contributed by atoms with Crippen molar-refractivity contribution in [2.75, 3.05) is 20.8 Å². The summed E-state index contributed by atoms with van der Waals surface area (Å²) in [6.45, 7) is 0.429. The quantitative estimate of drug-likeness (QED) is 0.575. The van der Waals surface area contributed by atoms with E-state index in [1.54, 1.807) is 30.3 Å². The molecule has 1 aromatic carbocycles. The number of methoxy groups -OCH3 is 2. The molecule has 8 heteroatoms. The maximum atomic E-state index is 12.3. The molecule has 0 aromatic heterocycles. The summed E-state index contributed by atoms with van der Waals surface area (Å²) in [5, 5.41) is 1.51. The van der Waals surface area contributed by atoms with Crippen molar-refractivity contribution in [1.82, 2.24) is 5.06 Å². The van der Waals surface area contributed by atoms with Gasteiger partial charge in [-0.1, -0.05) is 18.2 Å². The lowest BCUT2D eigenvalue weighted by atomic mass is 9.91. The lowest BCUT2D eigenvalue weighted by molar-refractivity contribution is -0.184. The number of fused-ring (bicyclic) bond motifs is 1. The molecule has 0 bridgehead atoms. The maximum absolute atomic E-state index is 12.3. The lowest BCUT2D eigenvalue weighted by Crippen LogP contribution is -2.44. The first-order valence-electron chi connectivity index (χ1n) is 7.92. The number of hydrogen-bond donors (Lipinski definition) is 0. The van der Waals surface area contributed by atoms with E-state index in [4.69, 9.17) is 19.0 Å². The molecule has 8 nitrogen and oxygen atoms in total. The van der Waals surface area contributed by atoms with E-state index in [1.807, 2.05) is 0 Å². The molecule has 2 aliphatic rings. The van der Waals surface area contributed by atoms with Crippen molar-refractivity contribution in [2.24, 2.45) is 5.92 Å². The summed E-state index contributed by atoms with van der Waals surface area (Å²) in [6.07, 6.45) is -1.21. The number of nitrogens with zero attached hydrogens (tertiary/aromatic N) is 1. The Bertz CT molecular complexity index is 662. The predicted octanol–water partition coefficient (Wildman–Crippen LogP) is 0.562. The summed E-state index contributed by atoms with van der Waals surface area (Å²) in [6, 6.07) is 7.98. The Balaban J connectivity index is 1.80. The van der Waals surface area contributed by atoms with Crippen LogP contribution in [0.3, 0.4) is 0 Å². The number of esters is 3. The average Bonchev–Trinajstić information content (AvgIpc) is 3.21. The van der Waals surface area contributed by atoms with Crippen LogP contribution in [-0.4, -0.2) is 62.0 Å². The standard InChI is InChI=1S/C17H19NO7/c1-22-16(20)12-13-11(24-15(19)10-6-4-3-5-7-10)8-9-18(13)25-14(12)17(21)23-2/h3-7,11-14H,8-9H2,1-2H3/t11-,12-,13-,14+/m1/s1. The second-order valence-electron chi connectivity index (χ2n) is 5.83. The van der Waals surface area contributed by atoms with Gasteiger partial charge in [0.15, 0.2) is 6.10 Å². The molecule has 25 heavy (non-hydrogen) atoms. The van der Waals surface area contributed by atoms with E-state index >= 15 is 0 Å². The predicted molar refractivity (Wildman–Crippen MR) is 83.2 cm³/mol. The molecule has 134 valence electrons. The minimum Gasteiger partial charge on any atom is -0.469 e. The van der Waals surface area contributed by atoms with Crippen molar-refractivity contribution in [3.63, 3.8) is 0 Å². The van der Waals surface area contributed by atoms with E-state index in [1.165, 1.54) is 19.3 Å². The Morgan fingerprint density at radius 2 is 1.76 bits per heavy atom. The van der Waals surface area contributed by atoms with Crippen LogP contribution >= 0.6 is 0 Å². The first-order chi connectivity index (χ1) is 12.1. The number of hydroxylamine groups is 2. The fourth-order valence-electron chi connectivity index (χ4n) is 3.30. The van der Waals surface area contributed by atoms with Crippen LogP contribution in [0, 0.1) is 5.92 Å². The third-order valence-corrected chi connectivity index (χ3v) is 4.47. The Labute approximate surface area is 144 Å². The van der Waals surface area contributed by atoms with Crippen LogP contribution in [0.25, 0.3) is 0 Å². The summed E-state index contributed by atoms with van der Waals surface area (Å²) >= 11 is 0. The molecular weight excluding hydrogens is 330 g/mol. The Kier molecular flexibility index (Phi) is 5.00. The molecule has 0 unspecified atom stereocenters. The van der Waals surface area contributed by atoms with Gasteiger partial charge in [-0.2, -0.15) is 5.06 Å². The van der Waals surface area contributed by atoms with Gasteiger partial charge >= 0.3 is 17.9 Å². The summed E-state index contributed by atoms with van der Waals surface area (Å²) in [7, 11) is 2.45. The first kappa shape index (κ1) is 17.4. The number of rotatable bonds is 4. The van der Waals surface area contributed by atoms with Gasteiger partial charge in [-0.3, -0.25) is 9.63 Å². The Hall–Kier alpha value is -2.45. The highest BCUT2D eigenvalue weighted by Crippen LogP contribution is 2.38. The second-order valence-corrected chi connectivity index (χ2v) is 5.83. The Morgan fingerprint density at radius 3 is 2.40 bits per heavy atom. The van der Waals surface area contributed by atoms with E-state index in [2.05, 4.69) is 0 Å². The van der Waals surface area contributed by atoms with Crippen LogP contribution in [0.1, 0.15) is 16.8 Å². The average molecular weight is 349 g/mol. The van der Waals surface area contributed by atoms with Crippen molar-refractivity contribution in [1.29, 1.82) is 0 Å². The molecule has 0 amide bonds. The molecular formula is C17H19NO7. The number of ether oxygens (including phenoxy) is 3. The van der Waals surface area contributed by atoms with Gasteiger partial charge in [0.2, 0.25) is 0 Å². The molecule has 0 spiro atoms. The van der Waals surface area contributed by atoms with Crippen LogP contribution in [0.4, 0.5) is 0 Å². The minimum absolute atomic E-state index is 0.416. The Morgan fingerprint density at radius 1 is 1.08 bits per heavy atom. The summed E-state index contributed by atoms with van der Waals surface area (Å²) in [4.78, 5) is 42.0. The summed E-state index contributed by atoms with van der Waals surface area (Å²) in [5.41, 5.74) is 0.416. The number of carbonyl (C=O) groups excluding carboxylic acids is 3. The van der Waals surface area contributed by atoms with Crippen LogP contribution in [0.2, 0.25) is 0 Å². The van der Waals surface area contributed by atoms with Gasteiger partial charge in [-0.15, -0.1) is 0 Å². The summed E-state index contributed by atoms with van der Waals surface area (Å²) in [5.74, 6) is -2.69. The molecule has 2 aliphatic heterocycles. The summed E-state index contributed by atoms with van der Waals surface area (Å²) < 4.78 is 15.1. The molecule has 1 aromatic rings. The van der Waals surface area contributed by atoms with E-state index in [-0.39, 0.29) is 0 Å². The molecule has 4 atom stereocenters. The topological polar surface area (TPSA) is 91.4 Å². The highest BCUT2D eigenvalue weighted by atomic mass is 16.7. The fourth-order valence-corrected chi connectivity index (χ4v) is 3.30. The highest BCUT2D eigenvalue weighted by molar-refractivity contribution is 5.89.